The lowest BCUT2D eigenvalue weighted by atomic mass is 10.0. The molecule has 1 amide bonds. The van der Waals surface area contributed by atoms with Gasteiger partial charge in [0.25, 0.3) is 5.91 Å². The minimum absolute atomic E-state index is 0.357. The Kier molecular flexibility index (Phi) is 4.20. The molecule has 1 aromatic heterocycles. The molecule has 0 spiro atoms. The third-order valence-electron chi connectivity index (χ3n) is 2.44. The Morgan fingerprint density at radius 3 is 2.53 bits per heavy atom. The number of hydrogen-bond donors (Lipinski definition) is 2. The first-order valence-electron chi connectivity index (χ1n) is 5.45. The maximum atomic E-state index is 11.8. The van der Waals surface area contributed by atoms with Gasteiger partial charge in [-0.2, -0.15) is 5.10 Å². The molecule has 1 aromatic rings. The molecule has 0 radical (unpaired) electrons. The lowest BCUT2D eigenvalue weighted by Crippen LogP contribution is -2.44. The largest absolute Gasteiger partial charge is 0.480 e. The second kappa shape index (κ2) is 5.46. The number of nitrogens with one attached hydrogen (secondary N) is 1. The molecule has 1 atom stereocenters. The molecular weight excluding hydrogens is 256 g/mol. The van der Waals surface area contributed by atoms with Crippen LogP contribution in [0.25, 0.3) is 0 Å². The first-order valence-corrected chi connectivity index (χ1v) is 5.45. The number of aliphatic carboxylic acids is 1. The van der Waals surface area contributed by atoms with Crippen molar-refractivity contribution in [2.75, 3.05) is 0 Å². The number of aromatic nitrogens is 2. The third-order valence-corrected chi connectivity index (χ3v) is 2.44. The molecule has 9 heteroatoms. The summed E-state index contributed by atoms with van der Waals surface area (Å²) in [6.45, 7) is 3.23. The highest BCUT2D eigenvalue weighted by atomic mass is 16.6. The standard InChI is InChI=1S/C10H14N4O5/c1-5(2)7(10(16)17)11-9(15)8-6(14(18)19)4-13(3)12-8/h4-5,7H,1-3H3,(H,11,15)(H,16,17). The smallest absolute Gasteiger partial charge is 0.326 e. The van der Waals surface area contributed by atoms with Crippen LogP contribution in [0.1, 0.15) is 24.3 Å². The molecule has 104 valence electrons. The van der Waals surface area contributed by atoms with Gasteiger partial charge >= 0.3 is 11.7 Å². The number of carboxylic acids is 1. The Morgan fingerprint density at radius 2 is 2.11 bits per heavy atom. The summed E-state index contributed by atoms with van der Waals surface area (Å²) in [6.07, 6.45) is 1.08. The fourth-order valence-electron chi connectivity index (χ4n) is 1.49. The van der Waals surface area contributed by atoms with Gasteiger partial charge < -0.3 is 10.4 Å². The topological polar surface area (TPSA) is 127 Å². The van der Waals surface area contributed by atoms with E-state index in [-0.39, 0.29) is 5.92 Å². The predicted octanol–water partition coefficient (Wildman–Crippen LogP) is 0.167. The van der Waals surface area contributed by atoms with E-state index in [2.05, 4.69) is 10.4 Å². The van der Waals surface area contributed by atoms with E-state index in [4.69, 9.17) is 5.11 Å². The van der Waals surface area contributed by atoms with Crippen molar-refractivity contribution in [1.82, 2.24) is 15.1 Å². The van der Waals surface area contributed by atoms with Crippen molar-refractivity contribution >= 4 is 17.6 Å². The van der Waals surface area contributed by atoms with E-state index < -0.39 is 34.2 Å². The highest BCUT2D eigenvalue weighted by molar-refractivity contribution is 5.98. The van der Waals surface area contributed by atoms with Gasteiger partial charge in [0, 0.05) is 7.05 Å². The number of amides is 1. The van der Waals surface area contributed by atoms with E-state index in [1.165, 1.54) is 7.05 Å². The van der Waals surface area contributed by atoms with Gasteiger partial charge in [-0.25, -0.2) is 4.79 Å². The van der Waals surface area contributed by atoms with Crippen LogP contribution in [0.15, 0.2) is 6.20 Å². The molecule has 9 nitrogen and oxygen atoms in total. The van der Waals surface area contributed by atoms with Gasteiger partial charge in [0.15, 0.2) is 0 Å². The second-order valence-electron chi connectivity index (χ2n) is 4.33. The monoisotopic (exact) mass is 270 g/mol. The third kappa shape index (κ3) is 3.27. The predicted molar refractivity (Wildman–Crippen MR) is 63.6 cm³/mol. The highest BCUT2D eigenvalue weighted by Gasteiger charge is 2.30. The van der Waals surface area contributed by atoms with Crippen LogP contribution in [0.4, 0.5) is 5.69 Å². The van der Waals surface area contributed by atoms with Gasteiger partial charge in [-0.15, -0.1) is 0 Å². The van der Waals surface area contributed by atoms with E-state index in [0.29, 0.717) is 0 Å². The fourth-order valence-corrected chi connectivity index (χ4v) is 1.49. The minimum atomic E-state index is -1.21. The Bertz CT molecular complexity index is 522. The van der Waals surface area contributed by atoms with Crippen LogP contribution in [0.3, 0.4) is 0 Å². The maximum absolute atomic E-state index is 11.8. The normalized spacial score (nSPS) is 12.2. The van der Waals surface area contributed by atoms with Crippen molar-refractivity contribution < 1.29 is 19.6 Å². The Morgan fingerprint density at radius 1 is 1.53 bits per heavy atom. The molecule has 0 aliphatic heterocycles. The number of rotatable bonds is 5. The van der Waals surface area contributed by atoms with Gasteiger partial charge in [-0.3, -0.25) is 19.6 Å². The first kappa shape index (κ1) is 14.6. The van der Waals surface area contributed by atoms with Gasteiger partial charge in [-0.05, 0) is 5.92 Å². The molecule has 0 aliphatic rings. The van der Waals surface area contributed by atoms with E-state index >= 15 is 0 Å². The zero-order chi connectivity index (χ0) is 14.7. The Labute approximate surface area is 108 Å². The SMILES string of the molecule is CC(C)C(NC(=O)c1nn(C)cc1[N+](=O)[O-])C(=O)O. The van der Waals surface area contributed by atoms with Crippen LogP contribution >= 0.6 is 0 Å². The van der Waals surface area contributed by atoms with Crippen molar-refractivity contribution in [3.63, 3.8) is 0 Å². The molecule has 1 rings (SSSR count). The van der Waals surface area contributed by atoms with Crippen molar-refractivity contribution in [1.29, 1.82) is 0 Å². The van der Waals surface area contributed by atoms with Crippen LogP contribution in [-0.4, -0.2) is 37.7 Å². The summed E-state index contributed by atoms with van der Waals surface area (Å²) >= 11 is 0. The van der Waals surface area contributed by atoms with Crippen molar-refractivity contribution in [2.45, 2.75) is 19.9 Å². The zero-order valence-electron chi connectivity index (χ0n) is 10.7. The lowest BCUT2D eigenvalue weighted by molar-refractivity contribution is -0.385. The fraction of sp³-hybridized carbons (Fsp3) is 0.500. The summed E-state index contributed by atoms with van der Waals surface area (Å²) in [4.78, 5) is 32.8. The summed E-state index contributed by atoms with van der Waals surface area (Å²) in [6, 6.07) is -1.13. The van der Waals surface area contributed by atoms with Gasteiger partial charge in [0.1, 0.15) is 12.2 Å². The van der Waals surface area contributed by atoms with Crippen LogP contribution in [0.5, 0.6) is 0 Å². The maximum Gasteiger partial charge on any atom is 0.326 e. The molecule has 0 saturated heterocycles. The molecule has 2 N–H and O–H groups in total. The number of carbonyl (C=O) groups is 2. The average Bonchev–Trinajstić information content (AvgIpc) is 2.67. The molecule has 0 aromatic carbocycles. The molecule has 19 heavy (non-hydrogen) atoms. The molecule has 0 aliphatic carbocycles. The van der Waals surface area contributed by atoms with Gasteiger partial charge in [0.05, 0.1) is 4.92 Å². The summed E-state index contributed by atoms with van der Waals surface area (Å²) in [5.74, 6) is -2.44. The molecule has 1 unspecified atom stereocenters. The zero-order valence-corrected chi connectivity index (χ0v) is 10.7. The number of aryl methyl sites for hydroxylation is 1. The van der Waals surface area contributed by atoms with E-state index in [1.807, 2.05) is 0 Å². The van der Waals surface area contributed by atoms with Crippen LogP contribution in [-0.2, 0) is 11.8 Å². The first-order chi connectivity index (χ1) is 8.73. The molecule has 1 heterocycles. The number of nitrogens with zero attached hydrogens (tertiary/aromatic N) is 3. The highest BCUT2D eigenvalue weighted by Crippen LogP contribution is 2.16. The van der Waals surface area contributed by atoms with Crippen molar-refractivity contribution in [2.24, 2.45) is 13.0 Å². The summed E-state index contributed by atoms with van der Waals surface area (Å²) < 4.78 is 1.12. The number of carboxylic acid groups (broad SMARTS) is 1. The van der Waals surface area contributed by atoms with Gasteiger partial charge in [0.2, 0.25) is 5.69 Å². The number of hydrogen-bond acceptors (Lipinski definition) is 5. The molecule has 0 fully saturated rings. The lowest BCUT2D eigenvalue weighted by Gasteiger charge is -2.16. The van der Waals surface area contributed by atoms with Crippen molar-refractivity contribution in [3.05, 3.63) is 22.0 Å². The second-order valence-corrected chi connectivity index (χ2v) is 4.33. The minimum Gasteiger partial charge on any atom is -0.480 e. The van der Waals surface area contributed by atoms with Crippen molar-refractivity contribution in [3.8, 4) is 0 Å². The summed E-state index contributed by atoms with van der Waals surface area (Å²) in [5, 5.41) is 25.6. The van der Waals surface area contributed by atoms with Crippen LogP contribution < -0.4 is 5.32 Å². The van der Waals surface area contributed by atoms with E-state index in [1.54, 1.807) is 13.8 Å². The molecule has 0 saturated carbocycles. The Hall–Kier alpha value is -2.45. The average molecular weight is 270 g/mol. The quantitative estimate of drug-likeness (QED) is 0.579. The molecule has 0 bridgehead atoms. The Balaban J connectivity index is 3.01. The summed E-state index contributed by atoms with van der Waals surface area (Å²) in [7, 11) is 1.43. The van der Waals surface area contributed by atoms with E-state index in [0.717, 1.165) is 10.9 Å². The van der Waals surface area contributed by atoms with Crippen LogP contribution in [0.2, 0.25) is 0 Å². The number of nitro groups is 1. The van der Waals surface area contributed by atoms with E-state index in [9.17, 15) is 19.7 Å². The summed E-state index contributed by atoms with van der Waals surface area (Å²) in [5.41, 5.74) is -0.868. The molecular formula is C10H14N4O5. The van der Waals surface area contributed by atoms with Gasteiger partial charge in [-0.1, -0.05) is 13.8 Å². The van der Waals surface area contributed by atoms with Crippen LogP contribution in [0, 0.1) is 16.0 Å². The number of carbonyl (C=O) groups excluding carboxylic acids is 1.